The fourth-order valence-corrected chi connectivity index (χ4v) is 2.53. The third-order valence-corrected chi connectivity index (χ3v) is 4.27. The van der Waals surface area contributed by atoms with Gasteiger partial charge in [0.05, 0.1) is 11.4 Å². The number of hydrogen-bond acceptors (Lipinski definition) is 2. The van der Waals surface area contributed by atoms with Crippen molar-refractivity contribution in [2.45, 2.75) is 33.7 Å². The molecule has 19 heavy (non-hydrogen) atoms. The number of rotatable bonds is 3. The average Bonchev–Trinajstić information content (AvgIpc) is 2.65. The largest absolute Gasteiger partial charge is 0.313 e. The van der Waals surface area contributed by atoms with Gasteiger partial charge >= 0.3 is 0 Å². The van der Waals surface area contributed by atoms with Crippen LogP contribution in [0.5, 0.6) is 0 Å². The molecule has 1 atom stereocenters. The van der Waals surface area contributed by atoms with Gasteiger partial charge in [0.1, 0.15) is 0 Å². The lowest BCUT2D eigenvalue weighted by Crippen LogP contribution is -2.16. The molecule has 1 N–H and O–H groups in total. The van der Waals surface area contributed by atoms with Gasteiger partial charge in [0, 0.05) is 16.2 Å². The first kappa shape index (κ1) is 14.3. The van der Waals surface area contributed by atoms with Crippen molar-refractivity contribution in [3.8, 4) is 5.69 Å². The third kappa shape index (κ3) is 2.60. The van der Waals surface area contributed by atoms with Crippen LogP contribution in [0.4, 0.5) is 0 Å². The Morgan fingerprint density at radius 3 is 2.47 bits per heavy atom. The van der Waals surface area contributed by atoms with Crippen molar-refractivity contribution < 1.29 is 0 Å². The molecule has 0 aliphatic heterocycles. The average molecular weight is 322 g/mol. The number of halogens is 1. The lowest BCUT2D eigenvalue weighted by atomic mass is 10.1. The molecule has 2 rings (SSSR count). The number of aromatic nitrogens is 2. The van der Waals surface area contributed by atoms with E-state index < -0.39 is 0 Å². The molecular formula is C15H20BrN3. The molecule has 0 aliphatic rings. The van der Waals surface area contributed by atoms with Gasteiger partial charge in [-0.15, -0.1) is 0 Å². The van der Waals surface area contributed by atoms with Crippen LogP contribution in [0, 0.1) is 20.8 Å². The maximum absolute atomic E-state index is 4.67. The molecule has 1 heterocycles. The topological polar surface area (TPSA) is 29.9 Å². The summed E-state index contributed by atoms with van der Waals surface area (Å²) in [6.45, 7) is 8.45. The first-order valence-corrected chi connectivity index (χ1v) is 7.25. The van der Waals surface area contributed by atoms with Crippen LogP contribution in [0.3, 0.4) is 0 Å². The van der Waals surface area contributed by atoms with Crippen LogP contribution in [0.1, 0.15) is 35.5 Å². The Morgan fingerprint density at radius 1 is 1.26 bits per heavy atom. The Balaban J connectivity index is 2.66. The quantitative estimate of drug-likeness (QED) is 0.930. The predicted octanol–water partition coefficient (Wildman–Crippen LogP) is 3.84. The number of aryl methyl sites for hydroxylation is 1. The SMILES string of the molecule is CNC(C)c1ccc(Br)cc1-n1nc(C)c(C)c1C. The number of nitrogens with one attached hydrogen (secondary N) is 1. The molecule has 0 amide bonds. The van der Waals surface area contributed by atoms with Crippen LogP contribution >= 0.6 is 15.9 Å². The molecule has 1 unspecified atom stereocenters. The molecule has 1 aromatic heterocycles. The summed E-state index contributed by atoms with van der Waals surface area (Å²) >= 11 is 3.55. The molecule has 0 saturated heterocycles. The van der Waals surface area contributed by atoms with E-state index in [-0.39, 0.29) is 6.04 Å². The van der Waals surface area contributed by atoms with E-state index in [0.717, 1.165) is 15.9 Å². The van der Waals surface area contributed by atoms with E-state index in [9.17, 15) is 0 Å². The van der Waals surface area contributed by atoms with Crippen molar-refractivity contribution in [3.63, 3.8) is 0 Å². The molecule has 0 fully saturated rings. The maximum Gasteiger partial charge on any atom is 0.0707 e. The normalized spacial score (nSPS) is 12.7. The Hall–Kier alpha value is -1.13. The van der Waals surface area contributed by atoms with Gasteiger partial charge in [-0.1, -0.05) is 22.0 Å². The van der Waals surface area contributed by atoms with Gasteiger partial charge in [-0.3, -0.25) is 0 Å². The molecule has 0 saturated carbocycles. The molecule has 2 aromatic rings. The van der Waals surface area contributed by atoms with E-state index in [1.165, 1.54) is 16.8 Å². The lowest BCUT2D eigenvalue weighted by molar-refractivity contribution is 0.642. The second kappa shape index (κ2) is 5.47. The molecule has 0 bridgehead atoms. The van der Waals surface area contributed by atoms with Crippen LogP contribution in [0.15, 0.2) is 22.7 Å². The van der Waals surface area contributed by atoms with Crippen molar-refractivity contribution in [3.05, 3.63) is 45.2 Å². The summed E-state index contributed by atoms with van der Waals surface area (Å²) in [5.74, 6) is 0. The smallest absolute Gasteiger partial charge is 0.0707 e. The summed E-state index contributed by atoms with van der Waals surface area (Å²) in [5.41, 5.74) is 5.91. The van der Waals surface area contributed by atoms with Gasteiger partial charge in [0.15, 0.2) is 0 Å². The second-order valence-electron chi connectivity index (χ2n) is 4.92. The Bertz CT molecular complexity index is 602. The fourth-order valence-electron chi connectivity index (χ4n) is 2.18. The molecule has 3 nitrogen and oxygen atoms in total. The molecule has 102 valence electrons. The number of nitrogens with zero attached hydrogens (tertiary/aromatic N) is 2. The minimum Gasteiger partial charge on any atom is -0.313 e. The van der Waals surface area contributed by atoms with Gasteiger partial charge in [0.2, 0.25) is 0 Å². The van der Waals surface area contributed by atoms with E-state index >= 15 is 0 Å². The van der Waals surface area contributed by atoms with E-state index in [0.29, 0.717) is 0 Å². The highest BCUT2D eigenvalue weighted by Gasteiger charge is 2.15. The molecule has 0 aliphatic carbocycles. The first-order chi connectivity index (χ1) is 8.95. The zero-order valence-electron chi connectivity index (χ0n) is 12.1. The van der Waals surface area contributed by atoms with Crippen LogP contribution in [-0.2, 0) is 0 Å². The summed E-state index contributed by atoms with van der Waals surface area (Å²) in [4.78, 5) is 0. The number of benzene rings is 1. The second-order valence-corrected chi connectivity index (χ2v) is 5.84. The van der Waals surface area contributed by atoms with Crippen molar-refractivity contribution in [2.75, 3.05) is 7.05 Å². The van der Waals surface area contributed by atoms with Crippen LogP contribution in [0.25, 0.3) is 5.69 Å². The lowest BCUT2D eigenvalue weighted by Gasteiger charge is -2.17. The third-order valence-electron chi connectivity index (χ3n) is 3.77. The minimum absolute atomic E-state index is 0.285. The maximum atomic E-state index is 4.67. The van der Waals surface area contributed by atoms with Crippen LogP contribution in [0.2, 0.25) is 0 Å². The summed E-state index contributed by atoms with van der Waals surface area (Å²) in [6.07, 6.45) is 0. The van der Waals surface area contributed by atoms with E-state index in [1.807, 2.05) is 11.7 Å². The van der Waals surface area contributed by atoms with Gasteiger partial charge in [-0.25, -0.2) is 4.68 Å². The highest BCUT2D eigenvalue weighted by atomic mass is 79.9. The molecular weight excluding hydrogens is 302 g/mol. The Morgan fingerprint density at radius 2 is 1.95 bits per heavy atom. The highest BCUT2D eigenvalue weighted by Crippen LogP contribution is 2.27. The van der Waals surface area contributed by atoms with Crippen molar-refractivity contribution in [1.29, 1.82) is 0 Å². The van der Waals surface area contributed by atoms with Crippen LogP contribution < -0.4 is 5.32 Å². The van der Waals surface area contributed by atoms with Crippen molar-refractivity contribution >= 4 is 15.9 Å². The molecule has 0 spiro atoms. The highest BCUT2D eigenvalue weighted by molar-refractivity contribution is 9.10. The zero-order valence-corrected chi connectivity index (χ0v) is 13.7. The predicted molar refractivity (Wildman–Crippen MR) is 82.9 cm³/mol. The standard InChI is InChI=1S/C15H20BrN3/c1-9-10(2)18-19(12(9)4)15-8-13(16)6-7-14(15)11(3)17-5/h6-8,11,17H,1-5H3. The summed E-state index contributed by atoms with van der Waals surface area (Å²) < 4.78 is 3.11. The molecule has 0 radical (unpaired) electrons. The zero-order chi connectivity index (χ0) is 14.2. The van der Waals surface area contributed by atoms with E-state index in [2.05, 4.69) is 72.2 Å². The minimum atomic E-state index is 0.285. The van der Waals surface area contributed by atoms with Crippen molar-refractivity contribution in [2.24, 2.45) is 0 Å². The molecule has 4 heteroatoms. The summed E-state index contributed by atoms with van der Waals surface area (Å²) in [6, 6.07) is 6.63. The van der Waals surface area contributed by atoms with E-state index in [1.54, 1.807) is 0 Å². The first-order valence-electron chi connectivity index (χ1n) is 6.45. The van der Waals surface area contributed by atoms with Gasteiger partial charge in [-0.2, -0.15) is 5.10 Å². The Labute approximate surface area is 123 Å². The van der Waals surface area contributed by atoms with E-state index in [4.69, 9.17) is 0 Å². The molecule has 1 aromatic carbocycles. The van der Waals surface area contributed by atoms with Gasteiger partial charge < -0.3 is 5.32 Å². The summed E-state index contributed by atoms with van der Waals surface area (Å²) in [7, 11) is 1.98. The monoisotopic (exact) mass is 321 g/mol. The van der Waals surface area contributed by atoms with Gasteiger partial charge in [0.25, 0.3) is 0 Å². The Kier molecular flexibility index (Phi) is 4.11. The van der Waals surface area contributed by atoms with Gasteiger partial charge in [-0.05, 0) is 58.0 Å². The number of hydrogen-bond donors (Lipinski definition) is 1. The summed E-state index contributed by atoms with van der Waals surface area (Å²) in [5, 5.41) is 7.96. The fraction of sp³-hybridized carbons (Fsp3) is 0.400. The van der Waals surface area contributed by atoms with Crippen molar-refractivity contribution in [1.82, 2.24) is 15.1 Å². The van der Waals surface area contributed by atoms with Crippen LogP contribution in [-0.4, -0.2) is 16.8 Å².